The molecule has 1 aliphatic rings. The number of anilines is 1. The Balaban J connectivity index is 1.98. The average molecular weight is 427 g/mol. The third-order valence-corrected chi connectivity index (χ3v) is 7.22. The van der Waals surface area contributed by atoms with E-state index < -0.39 is 10.0 Å². The molecule has 0 spiro atoms. The first-order valence-corrected chi connectivity index (χ1v) is 11.2. The molecular weight excluding hydrogens is 408 g/mol. The van der Waals surface area contributed by atoms with Gasteiger partial charge >= 0.3 is 0 Å². The lowest BCUT2D eigenvalue weighted by Crippen LogP contribution is -2.32. The van der Waals surface area contributed by atoms with Crippen LogP contribution in [0.15, 0.2) is 34.4 Å². The van der Waals surface area contributed by atoms with Crippen molar-refractivity contribution >= 4 is 45.0 Å². The van der Waals surface area contributed by atoms with E-state index in [2.05, 4.69) is 9.97 Å². The third kappa shape index (κ3) is 3.63. The highest BCUT2D eigenvalue weighted by Gasteiger charge is 2.34. The zero-order valence-corrected chi connectivity index (χ0v) is 17.5. The number of sulfonamides is 1. The number of benzene rings is 1. The van der Waals surface area contributed by atoms with E-state index in [0.29, 0.717) is 40.2 Å². The Morgan fingerprint density at radius 3 is 2.67 bits per heavy atom. The smallest absolute Gasteiger partial charge is 0.267 e. The van der Waals surface area contributed by atoms with E-state index in [1.165, 1.54) is 29.3 Å². The first-order valence-electron chi connectivity index (χ1n) is 8.36. The maximum Gasteiger partial charge on any atom is 0.267 e. The third-order valence-electron chi connectivity index (χ3n) is 4.37. The summed E-state index contributed by atoms with van der Waals surface area (Å²) in [5.41, 5.74) is 1.45. The molecule has 3 rings (SSSR count). The lowest BCUT2D eigenvalue weighted by Gasteiger charge is -2.28. The fourth-order valence-corrected chi connectivity index (χ4v) is 5.02. The molecule has 0 unspecified atom stereocenters. The lowest BCUT2D eigenvalue weighted by atomic mass is 10.1. The Hall–Kier alpha value is -1.84. The summed E-state index contributed by atoms with van der Waals surface area (Å²) in [4.78, 5) is 22.5. The fraction of sp³-hybridized carbons (Fsp3) is 0.353. The van der Waals surface area contributed by atoms with Crippen molar-refractivity contribution in [1.29, 1.82) is 0 Å². The van der Waals surface area contributed by atoms with Crippen LogP contribution in [0, 0.1) is 0 Å². The molecule has 7 nitrogen and oxygen atoms in total. The number of nitrogens with zero attached hydrogens (tertiary/aromatic N) is 4. The molecule has 0 bridgehead atoms. The molecule has 0 saturated carbocycles. The molecule has 0 atom stereocenters. The minimum absolute atomic E-state index is 0.00847. The van der Waals surface area contributed by atoms with Crippen molar-refractivity contribution in [3.05, 3.63) is 29.4 Å². The molecule has 0 fully saturated rings. The second-order valence-corrected chi connectivity index (χ2v) is 9.17. The van der Waals surface area contributed by atoms with Crippen LogP contribution < -0.4 is 4.31 Å². The predicted molar refractivity (Wildman–Crippen MR) is 107 cm³/mol. The van der Waals surface area contributed by atoms with Crippen LogP contribution in [0.5, 0.6) is 0 Å². The normalized spacial score (nSPS) is 14.4. The quantitative estimate of drug-likeness (QED) is 0.540. The topological polar surface area (TPSA) is 83.5 Å². The van der Waals surface area contributed by atoms with Gasteiger partial charge in [-0.3, -0.25) is 9.10 Å². The highest BCUT2D eigenvalue weighted by atomic mass is 35.5. The standard InChI is InChI=1S/C17H19ClN4O3S2/c1-4-22(5-2)15(23)10-26-17-19-9-14-16(20-17)12-7-6-11(18)8-13(12)21(3)27(14,24)25/h6-9H,4-5,10H2,1-3H3. The van der Waals surface area contributed by atoms with Crippen molar-refractivity contribution in [3.8, 4) is 11.3 Å². The van der Waals surface area contributed by atoms with Gasteiger partial charge in [-0.25, -0.2) is 18.4 Å². The highest BCUT2D eigenvalue weighted by Crippen LogP contribution is 2.42. The van der Waals surface area contributed by atoms with E-state index in [4.69, 9.17) is 11.6 Å². The van der Waals surface area contributed by atoms with E-state index in [0.717, 1.165) is 0 Å². The van der Waals surface area contributed by atoms with E-state index >= 15 is 0 Å². The first kappa shape index (κ1) is 19.9. The molecule has 0 N–H and O–H groups in total. The molecule has 1 aromatic heterocycles. The molecular formula is C17H19ClN4O3S2. The van der Waals surface area contributed by atoms with Crippen LogP contribution >= 0.6 is 23.4 Å². The summed E-state index contributed by atoms with van der Waals surface area (Å²) < 4.78 is 26.7. The van der Waals surface area contributed by atoms with Crippen LogP contribution in [-0.4, -0.2) is 55.1 Å². The van der Waals surface area contributed by atoms with Gasteiger partial charge in [0.1, 0.15) is 4.90 Å². The Morgan fingerprint density at radius 1 is 1.30 bits per heavy atom. The van der Waals surface area contributed by atoms with Crippen molar-refractivity contribution in [2.45, 2.75) is 23.9 Å². The molecule has 2 aromatic rings. The summed E-state index contributed by atoms with van der Waals surface area (Å²) in [5, 5.41) is 0.794. The molecule has 1 aliphatic heterocycles. The summed E-state index contributed by atoms with van der Waals surface area (Å²) in [6.07, 6.45) is 1.30. The van der Waals surface area contributed by atoms with Gasteiger partial charge in [-0.05, 0) is 32.0 Å². The van der Waals surface area contributed by atoms with Crippen molar-refractivity contribution in [1.82, 2.24) is 14.9 Å². The second kappa shape index (κ2) is 7.65. The summed E-state index contributed by atoms with van der Waals surface area (Å²) >= 11 is 7.23. The van der Waals surface area contributed by atoms with Crippen molar-refractivity contribution in [2.75, 3.05) is 30.2 Å². The van der Waals surface area contributed by atoms with Crippen LogP contribution in [0.3, 0.4) is 0 Å². The second-order valence-electron chi connectivity index (χ2n) is 5.85. The number of hydrogen-bond acceptors (Lipinski definition) is 6. The van der Waals surface area contributed by atoms with E-state index in [9.17, 15) is 13.2 Å². The molecule has 10 heteroatoms. The maximum atomic E-state index is 12.8. The van der Waals surface area contributed by atoms with E-state index in [1.54, 1.807) is 23.1 Å². The summed E-state index contributed by atoms with van der Waals surface area (Å²) in [6, 6.07) is 5.02. The molecule has 0 saturated heterocycles. The minimum Gasteiger partial charge on any atom is -0.343 e. The van der Waals surface area contributed by atoms with Crippen molar-refractivity contribution in [2.24, 2.45) is 0 Å². The molecule has 1 amide bonds. The van der Waals surface area contributed by atoms with E-state index in [1.807, 2.05) is 13.8 Å². The molecule has 0 aliphatic carbocycles. The highest BCUT2D eigenvalue weighted by molar-refractivity contribution is 7.99. The number of thioether (sulfide) groups is 1. The lowest BCUT2D eigenvalue weighted by molar-refractivity contribution is -0.127. The summed E-state index contributed by atoms with van der Waals surface area (Å²) in [6.45, 7) is 5.12. The average Bonchev–Trinajstić information content (AvgIpc) is 2.65. The Labute approximate surface area is 167 Å². The van der Waals surface area contributed by atoms with Gasteiger partial charge in [-0.1, -0.05) is 23.4 Å². The summed E-state index contributed by atoms with van der Waals surface area (Å²) in [5.74, 6) is 0.187. The van der Waals surface area contributed by atoms with Crippen LogP contribution in [-0.2, 0) is 14.8 Å². The van der Waals surface area contributed by atoms with Gasteiger partial charge < -0.3 is 4.90 Å². The van der Waals surface area contributed by atoms with Crippen molar-refractivity contribution in [3.63, 3.8) is 0 Å². The predicted octanol–water partition coefficient (Wildman–Crippen LogP) is 2.90. The van der Waals surface area contributed by atoms with Gasteiger partial charge in [0.25, 0.3) is 10.0 Å². The number of amides is 1. The Kier molecular flexibility index (Phi) is 5.64. The number of carbonyl (C=O) groups excluding carboxylic acids is 1. The molecule has 27 heavy (non-hydrogen) atoms. The number of aromatic nitrogens is 2. The SMILES string of the molecule is CCN(CC)C(=O)CSc1ncc2c(n1)-c1ccc(Cl)cc1N(C)S2(=O)=O. The van der Waals surface area contributed by atoms with Crippen LogP contribution in [0.4, 0.5) is 5.69 Å². The number of fused-ring (bicyclic) bond motifs is 3. The zero-order chi connectivity index (χ0) is 19.8. The van der Waals surface area contributed by atoms with E-state index in [-0.39, 0.29) is 16.6 Å². The number of carbonyl (C=O) groups is 1. The number of rotatable bonds is 5. The largest absolute Gasteiger partial charge is 0.343 e. The number of hydrogen-bond donors (Lipinski definition) is 0. The summed E-state index contributed by atoms with van der Waals surface area (Å²) in [7, 11) is -2.28. The van der Waals surface area contributed by atoms with Crippen LogP contribution in [0.25, 0.3) is 11.3 Å². The van der Waals surface area contributed by atoms with Gasteiger partial charge in [0.2, 0.25) is 5.91 Å². The zero-order valence-electron chi connectivity index (χ0n) is 15.1. The minimum atomic E-state index is -3.76. The molecule has 1 aromatic carbocycles. The van der Waals surface area contributed by atoms with Gasteiger partial charge in [-0.2, -0.15) is 0 Å². The van der Waals surface area contributed by atoms with Crippen molar-refractivity contribution < 1.29 is 13.2 Å². The molecule has 144 valence electrons. The van der Waals surface area contributed by atoms with Gasteiger partial charge in [0, 0.05) is 30.7 Å². The van der Waals surface area contributed by atoms with Crippen LogP contribution in [0.2, 0.25) is 5.02 Å². The fourth-order valence-electron chi connectivity index (χ4n) is 2.84. The van der Waals surface area contributed by atoms with Gasteiger partial charge in [0.05, 0.1) is 23.3 Å². The Bertz CT molecular complexity index is 994. The molecule has 2 heterocycles. The maximum absolute atomic E-state index is 12.8. The van der Waals surface area contributed by atoms with Gasteiger partial charge in [-0.15, -0.1) is 0 Å². The molecule has 0 radical (unpaired) electrons. The first-order chi connectivity index (χ1) is 12.8. The van der Waals surface area contributed by atoms with Gasteiger partial charge in [0.15, 0.2) is 5.16 Å². The van der Waals surface area contributed by atoms with Crippen LogP contribution in [0.1, 0.15) is 13.8 Å². The number of halogens is 1. The Morgan fingerprint density at radius 2 is 2.00 bits per heavy atom. The monoisotopic (exact) mass is 426 g/mol.